The molecule has 3 heteroatoms. The summed E-state index contributed by atoms with van der Waals surface area (Å²) < 4.78 is 5.92. The number of hydrogen-bond donors (Lipinski definition) is 1. The number of hydrogen-bond acceptors (Lipinski definition) is 3. The van der Waals surface area contributed by atoms with Gasteiger partial charge in [0.25, 0.3) is 0 Å². The Hall–Kier alpha value is -1.32. The second-order valence-electron chi connectivity index (χ2n) is 5.13. The van der Waals surface area contributed by atoms with Crippen LogP contribution in [0.5, 0.6) is 0 Å². The first kappa shape index (κ1) is 11.8. The third-order valence-corrected chi connectivity index (χ3v) is 3.70. The number of furan rings is 1. The zero-order chi connectivity index (χ0) is 12.4. The van der Waals surface area contributed by atoms with E-state index in [0.717, 1.165) is 23.5 Å². The zero-order valence-electron chi connectivity index (χ0n) is 10.7. The highest BCUT2D eigenvalue weighted by Gasteiger charge is 2.13. The Morgan fingerprint density at radius 2 is 1.94 bits per heavy atom. The van der Waals surface area contributed by atoms with E-state index in [4.69, 9.17) is 10.2 Å². The van der Waals surface area contributed by atoms with Crippen molar-refractivity contribution >= 4 is 11.0 Å². The van der Waals surface area contributed by atoms with E-state index in [1.54, 1.807) is 0 Å². The fourth-order valence-corrected chi connectivity index (χ4v) is 2.67. The highest BCUT2D eigenvalue weighted by molar-refractivity contribution is 5.78. The smallest absolute Gasteiger partial charge is 0.134 e. The Morgan fingerprint density at radius 3 is 2.72 bits per heavy atom. The van der Waals surface area contributed by atoms with Crippen molar-refractivity contribution in [3.05, 3.63) is 35.6 Å². The van der Waals surface area contributed by atoms with Gasteiger partial charge in [-0.1, -0.05) is 18.6 Å². The predicted octanol–water partition coefficient (Wildman–Crippen LogP) is 2.88. The Kier molecular flexibility index (Phi) is 3.35. The Labute approximate surface area is 108 Å². The second-order valence-corrected chi connectivity index (χ2v) is 5.13. The minimum absolute atomic E-state index is 0.568. The number of piperidine rings is 1. The molecule has 0 spiro atoms. The van der Waals surface area contributed by atoms with Gasteiger partial charge in [-0.05, 0) is 43.6 Å². The summed E-state index contributed by atoms with van der Waals surface area (Å²) in [5.74, 6) is 1.07. The molecule has 96 valence electrons. The summed E-state index contributed by atoms with van der Waals surface area (Å²) in [7, 11) is 0. The molecule has 0 aliphatic carbocycles. The number of likely N-dealkylation sites (tertiary alicyclic amines) is 1. The predicted molar refractivity (Wildman–Crippen MR) is 73.2 cm³/mol. The van der Waals surface area contributed by atoms with Crippen molar-refractivity contribution in [2.45, 2.75) is 32.4 Å². The molecule has 0 atom stereocenters. The maximum absolute atomic E-state index is 5.92. The van der Waals surface area contributed by atoms with Gasteiger partial charge in [0.15, 0.2) is 0 Å². The van der Waals surface area contributed by atoms with Crippen molar-refractivity contribution in [2.75, 3.05) is 13.1 Å². The van der Waals surface area contributed by atoms with Crippen molar-refractivity contribution in [1.82, 2.24) is 4.90 Å². The van der Waals surface area contributed by atoms with Gasteiger partial charge in [0, 0.05) is 11.9 Å². The molecule has 3 nitrogen and oxygen atoms in total. The van der Waals surface area contributed by atoms with E-state index in [1.807, 2.05) is 0 Å². The number of benzene rings is 1. The van der Waals surface area contributed by atoms with Gasteiger partial charge in [0.1, 0.15) is 11.3 Å². The maximum atomic E-state index is 5.92. The maximum Gasteiger partial charge on any atom is 0.134 e. The first-order valence-corrected chi connectivity index (χ1v) is 6.79. The summed E-state index contributed by atoms with van der Waals surface area (Å²) in [6.45, 7) is 3.90. The van der Waals surface area contributed by atoms with E-state index in [9.17, 15) is 0 Å². The zero-order valence-corrected chi connectivity index (χ0v) is 10.7. The lowest BCUT2D eigenvalue weighted by Crippen LogP contribution is -2.28. The Bertz CT molecular complexity index is 526. The lowest BCUT2D eigenvalue weighted by Gasteiger charge is -2.25. The summed E-state index contributed by atoms with van der Waals surface area (Å²) in [4.78, 5) is 2.48. The van der Waals surface area contributed by atoms with E-state index in [2.05, 4.69) is 29.2 Å². The van der Waals surface area contributed by atoms with Crippen LogP contribution in [-0.2, 0) is 13.1 Å². The monoisotopic (exact) mass is 244 g/mol. The van der Waals surface area contributed by atoms with Gasteiger partial charge in [-0.15, -0.1) is 0 Å². The first-order valence-electron chi connectivity index (χ1n) is 6.79. The van der Waals surface area contributed by atoms with Crippen LogP contribution in [0.1, 0.15) is 30.6 Å². The summed E-state index contributed by atoms with van der Waals surface area (Å²) >= 11 is 0. The average molecular weight is 244 g/mol. The SMILES string of the molecule is NCc1ccc2cc(CN3CCCCC3)oc2c1. The first-order chi connectivity index (χ1) is 8.85. The normalized spacial score (nSPS) is 17.4. The summed E-state index contributed by atoms with van der Waals surface area (Å²) in [6.07, 6.45) is 4.01. The number of nitrogens with two attached hydrogens (primary N) is 1. The molecule has 18 heavy (non-hydrogen) atoms. The Morgan fingerprint density at radius 1 is 1.11 bits per heavy atom. The molecule has 2 heterocycles. The number of fused-ring (bicyclic) bond motifs is 1. The van der Waals surface area contributed by atoms with E-state index in [0.29, 0.717) is 6.54 Å². The van der Waals surface area contributed by atoms with Gasteiger partial charge in [0.05, 0.1) is 6.54 Å². The summed E-state index contributed by atoms with van der Waals surface area (Å²) in [5, 5.41) is 1.18. The molecule has 0 amide bonds. The van der Waals surface area contributed by atoms with Crippen molar-refractivity contribution in [3.63, 3.8) is 0 Å². The van der Waals surface area contributed by atoms with Crippen molar-refractivity contribution in [3.8, 4) is 0 Å². The number of rotatable bonds is 3. The summed E-state index contributed by atoms with van der Waals surface area (Å²) in [5.41, 5.74) is 7.74. The van der Waals surface area contributed by atoms with Gasteiger partial charge in [-0.3, -0.25) is 4.90 Å². The molecule has 1 aromatic heterocycles. The summed E-state index contributed by atoms with van der Waals surface area (Å²) in [6, 6.07) is 8.38. The van der Waals surface area contributed by atoms with Gasteiger partial charge >= 0.3 is 0 Å². The van der Waals surface area contributed by atoms with Gasteiger partial charge in [-0.2, -0.15) is 0 Å². The van der Waals surface area contributed by atoms with Crippen LogP contribution < -0.4 is 5.73 Å². The van der Waals surface area contributed by atoms with Crippen LogP contribution in [0.4, 0.5) is 0 Å². The molecule has 0 saturated carbocycles. The van der Waals surface area contributed by atoms with Crippen LogP contribution in [0.15, 0.2) is 28.7 Å². The molecule has 1 fully saturated rings. The molecule has 1 aliphatic rings. The Balaban J connectivity index is 1.79. The average Bonchev–Trinajstić information content (AvgIpc) is 2.80. The van der Waals surface area contributed by atoms with Gasteiger partial charge < -0.3 is 10.2 Å². The van der Waals surface area contributed by atoms with Crippen molar-refractivity contribution in [1.29, 1.82) is 0 Å². The van der Waals surface area contributed by atoms with Crippen LogP contribution >= 0.6 is 0 Å². The molecule has 2 aromatic rings. The largest absolute Gasteiger partial charge is 0.460 e. The van der Waals surface area contributed by atoms with Crippen LogP contribution in [0, 0.1) is 0 Å². The van der Waals surface area contributed by atoms with Gasteiger partial charge in [0.2, 0.25) is 0 Å². The fourth-order valence-electron chi connectivity index (χ4n) is 2.67. The molecule has 1 saturated heterocycles. The van der Waals surface area contributed by atoms with E-state index in [-0.39, 0.29) is 0 Å². The fraction of sp³-hybridized carbons (Fsp3) is 0.467. The molecular weight excluding hydrogens is 224 g/mol. The second kappa shape index (κ2) is 5.12. The van der Waals surface area contributed by atoms with Crippen LogP contribution in [0.25, 0.3) is 11.0 Å². The highest BCUT2D eigenvalue weighted by Crippen LogP contribution is 2.22. The molecule has 1 aliphatic heterocycles. The molecular formula is C15H20N2O. The van der Waals surface area contributed by atoms with Crippen LogP contribution in [0.2, 0.25) is 0 Å². The van der Waals surface area contributed by atoms with E-state index < -0.39 is 0 Å². The third kappa shape index (κ3) is 2.42. The molecule has 0 radical (unpaired) electrons. The topological polar surface area (TPSA) is 42.4 Å². The molecule has 0 unspecified atom stereocenters. The van der Waals surface area contributed by atoms with Crippen molar-refractivity contribution in [2.24, 2.45) is 5.73 Å². The van der Waals surface area contributed by atoms with Crippen LogP contribution in [0.3, 0.4) is 0 Å². The lowest BCUT2D eigenvalue weighted by atomic mass is 10.1. The van der Waals surface area contributed by atoms with E-state index in [1.165, 1.54) is 37.7 Å². The standard InChI is InChI=1S/C15H20N2O/c16-10-12-4-5-13-9-14(18-15(13)8-12)11-17-6-2-1-3-7-17/h4-5,8-9H,1-3,6-7,10-11,16H2. The minimum Gasteiger partial charge on any atom is -0.460 e. The lowest BCUT2D eigenvalue weighted by molar-refractivity contribution is 0.207. The van der Waals surface area contributed by atoms with Crippen LogP contribution in [-0.4, -0.2) is 18.0 Å². The highest BCUT2D eigenvalue weighted by atomic mass is 16.3. The number of nitrogens with zero attached hydrogens (tertiary/aromatic N) is 1. The molecule has 1 aromatic carbocycles. The molecule has 2 N–H and O–H groups in total. The van der Waals surface area contributed by atoms with Gasteiger partial charge in [-0.25, -0.2) is 0 Å². The molecule has 3 rings (SSSR count). The minimum atomic E-state index is 0.568. The van der Waals surface area contributed by atoms with Crippen molar-refractivity contribution < 1.29 is 4.42 Å². The quantitative estimate of drug-likeness (QED) is 0.902. The molecule has 0 bridgehead atoms. The third-order valence-electron chi connectivity index (χ3n) is 3.70. The van der Waals surface area contributed by atoms with E-state index >= 15 is 0 Å².